The number of hydrogen-bond donors (Lipinski definition) is 0. The standard InChI is InChI=1S/C19H24ClN5OS/c1-2-25-18(14-7-8-14)21-22-19(25)27-13-17(26)24-11-9-23(10-12-24)16-6-4-3-5-15(16)20/h3-6,14H,2,7-13H2,1H3. The Hall–Kier alpha value is -1.73. The maximum atomic E-state index is 12.6. The van der Waals surface area contributed by atoms with E-state index in [4.69, 9.17) is 11.6 Å². The average Bonchev–Trinajstić information content (AvgIpc) is 3.46. The van der Waals surface area contributed by atoms with Crippen LogP contribution < -0.4 is 4.90 Å². The van der Waals surface area contributed by atoms with Gasteiger partial charge in [0.05, 0.1) is 16.5 Å². The number of anilines is 1. The van der Waals surface area contributed by atoms with Crippen molar-refractivity contribution in [3.63, 3.8) is 0 Å². The monoisotopic (exact) mass is 405 g/mol. The van der Waals surface area contributed by atoms with Gasteiger partial charge in [-0.15, -0.1) is 10.2 Å². The largest absolute Gasteiger partial charge is 0.367 e. The highest BCUT2D eigenvalue weighted by Gasteiger charge is 2.30. The molecule has 1 aromatic heterocycles. The first-order valence-electron chi connectivity index (χ1n) is 9.50. The Morgan fingerprint density at radius 2 is 1.93 bits per heavy atom. The Bertz CT molecular complexity index is 814. The van der Waals surface area contributed by atoms with E-state index in [-0.39, 0.29) is 5.91 Å². The highest BCUT2D eigenvalue weighted by Crippen LogP contribution is 2.40. The Kier molecular flexibility index (Phi) is 5.59. The van der Waals surface area contributed by atoms with Gasteiger partial charge < -0.3 is 14.4 Å². The molecular weight excluding hydrogens is 382 g/mol. The van der Waals surface area contributed by atoms with Crippen LogP contribution in [-0.4, -0.2) is 57.5 Å². The number of nitrogens with zero attached hydrogens (tertiary/aromatic N) is 5. The smallest absolute Gasteiger partial charge is 0.233 e. The minimum Gasteiger partial charge on any atom is -0.367 e. The predicted molar refractivity (Wildman–Crippen MR) is 109 cm³/mol. The lowest BCUT2D eigenvalue weighted by atomic mass is 10.2. The normalized spacial score (nSPS) is 17.4. The molecule has 2 heterocycles. The quantitative estimate of drug-likeness (QED) is 0.690. The van der Waals surface area contributed by atoms with Crippen LogP contribution in [0.25, 0.3) is 0 Å². The molecule has 144 valence electrons. The number of benzene rings is 1. The fourth-order valence-electron chi connectivity index (χ4n) is 3.47. The first-order valence-corrected chi connectivity index (χ1v) is 10.9. The summed E-state index contributed by atoms with van der Waals surface area (Å²) in [5, 5.41) is 10.3. The van der Waals surface area contributed by atoms with Gasteiger partial charge >= 0.3 is 0 Å². The van der Waals surface area contributed by atoms with Crippen molar-refractivity contribution in [1.29, 1.82) is 0 Å². The number of halogens is 1. The molecule has 1 aromatic carbocycles. The summed E-state index contributed by atoms with van der Waals surface area (Å²) >= 11 is 7.79. The minimum absolute atomic E-state index is 0.164. The zero-order chi connectivity index (χ0) is 18.8. The lowest BCUT2D eigenvalue weighted by Gasteiger charge is -2.36. The summed E-state index contributed by atoms with van der Waals surface area (Å²) in [6.45, 7) is 6.01. The first-order chi connectivity index (χ1) is 13.2. The van der Waals surface area contributed by atoms with Crippen LogP contribution in [0.4, 0.5) is 5.69 Å². The number of hydrogen-bond acceptors (Lipinski definition) is 5. The number of aromatic nitrogens is 3. The number of amides is 1. The van der Waals surface area contributed by atoms with Crippen molar-refractivity contribution < 1.29 is 4.79 Å². The van der Waals surface area contributed by atoms with Crippen LogP contribution in [0.15, 0.2) is 29.4 Å². The summed E-state index contributed by atoms with van der Waals surface area (Å²) in [4.78, 5) is 16.8. The van der Waals surface area contributed by atoms with Gasteiger partial charge in [-0.05, 0) is 31.9 Å². The van der Waals surface area contributed by atoms with E-state index < -0.39 is 0 Å². The molecular formula is C19H24ClN5OS. The van der Waals surface area contributed by atoms with Crippen LogP contribution >= 0.6 is 23.4 Å². The van der Waals surface area contributed by atoms with Crippen molar-refractivity contribution in [2.75, 3.05) is 36.8 Å². The van der Waals surface area contributed by atoms with E-state index in [0.717, 1.165) is 54.4 Å². The molecule has 1 amide bonds. The molecule has 1 saturated heterocycles. The topological polar surface area (TPSA) is 54.3 Å². The van der Waals surface area contributed by atoms with E-state index in [9.17, 15) is 4.79 Å². The molecule has 2 aliphatic rings. The summed E-state index contributed by atoms with van der Waals surface area (Å²) in [6, 6.07) is 7.87. The Balaban J connectivity index is 1.31. The molecule has 4 rings (SSSR count). The van der Waals surface area contributed by atoms with E-state index in [1.807, 2.05) is 29.2 Å². The number of thioether (sulfide) groups is 1. The summed E-state index contributed by atoms with van der Waals surface area (Å²) < 4.78 is 2.16. The maximum absolute atomic E-state index is 12.6. The van der Waals surface area contributed by atoms with Gasteiger partial charge in [-0.1, -0.05) is 35.5 Å². The molecule has 2 aromatic rings. The summed E-state index contributed by atoms with van der Waals surface area (Å²) in [5.74, 6) is 2.23. The third kappa shape index (κ3) is 4.09. The van der Waals surface area contributed by atoms with Gasteiger partial charge in [-0.3, -0.25) is 4.79 Å². The molecule has 0 unspecified atom stereocenters. The minimum atomic E-state index is 0.164. The molecule has 8 heteroatoms. The maximum Gasteiger partial charge on any atom is 0.233 e. The van der Waals surface area contributed by atoms with Gasteiger partial charge in [-0.2, -0.15) is 0 Å². The molecule has 0 atom stereocenters. The number of para-hydroxylation sites is 1. The second-order valence-corrected chi connectivity index (χ2v) is 8.32. The lowest BCUT2D eigenvalue weighted by Crippen LogP contribution is -2.49. The predicted octanol–water partition coefficient (Wildman–Crippen LogP) is 3.27. The molecule has 1 aliphatic heterocycles. The van der Waals surface area contributed by atoms with Crippen LogP contribution in [-0.2, 0) is 11.3 Å². The Morgan fingerprint density at radius 3 is 2.59 bits per heavy atom. The van der Waals surface area contributed by atoms with Gasteiger partial charge in [0, 0.05) is 38.6 Å². The molecule has 1 aliphatic carbocycles. The number of carbonyl (C=O) groups excluding carboxylic acids is 1. The van der Waals surface area contributed by atoms with Gasteiger partial charge in [-0.25, -0.2) is 0 Å². The molecule has 1 saturated carbocycles. The number of rotatable bonds is 6. The second-order valence-electron chi connectivity index (χ2n) is 6.97. The third-order valence-corrected chi connectivity index (χ3v) is 6.43. The van der Waals surface area contributed by atoms with Crippen LogP contribution in [0.5, 0.6) is 0 Å². The van der Waals surface area contributed by atoms with Crippen LogP contribution in [0.2, 0.25) is 5.02 Å². The van der Waals surface area contributed by atoms with E-state index >= 15 is 0 Å². The molecule has 0 radical (unpaired) electrons. The van der Waals surface area contributed by atoms with E-state index in [2.05, 4.69) is 26.6 Å². The van der Waals surface area contributed by atoms with Crippen molar-refractivity contribution in [2.45, 2.75) is 37.4 Å². The van der Waals surface area contributed by atoms with Crippen molar-refractivity contribution in [1.82, 2.24) is 19.7 Å². The highest BCUT2D eigenvalue weighted by molar-refractivity contribution is 7.99. The fourth-order valence-corrected chi connectivity index (χ4v) is 4.64. The van der Waals surface area contributed by atoms with Crippen molar-refractivity contribution in [3.8, 4) is 0 Å². The average molecular weight is 406 g/mol. The van der Waals surface area contributed by atoms with Gasteiger partial charge in [0.15, 0.2) is 5.16 Å². The van der Waals surface area contributed by atoms with Crippen molar-refractivity contribution in [2.24, 2.45) is 0 Å². The molecule has 0 N–H and O–H groups in total. The number of piperazine rings is 1. The summed E-state index contributed by atoms with van der Waals surface area (Å²) in [6.07, 6.45) is 2.41. The van der Waals surface area contributed by atoms with Gasteiger partial charge in [0.2, 0.25) is 5.91 Å². The molecule has 27 heavy (non-hydrogen) atoms. The molecule has 0 spiro atoms. The molecule has 2 fully saturated rings. The zero-order valence-electron chi connectivity index (χ0n) is 15.5. The second kappa shape index (κ2) is 8.10. The van der Waals surface area contributed by atoms with E-state index in [1.54, 1.807) is 0 Å². The Morgan fingerprint density at radius 1 is 1.19 bits per heavy atom. The molecule has 6 nitrogen and oxygen atoms in total. The SMILES string of the molecule is CCn1c(SCC(=O)N2CCN(c3ccccc3Cl)CC2)nnc1C1CC1. The van der Waals surface area contributed by atoms with Gasteiger partial charge in [0.1, 0.15) is 5.82 Å². The van der Waals surface area contributed by atoms with E-state index in [1.165, 1.54) is 24.6 Å². The summed E-state index contributed by atoms with van der Waals surface area (Å²) in [7, 11) is 0. The van der Waals surface area contributed by atoms with Gasteiger partial charge in [0.25, 0.3) is 0 Å². The fraction of sp³-hybridized carbons (Fsp3) is 0.526. The number of carbonyl (C=O) groups is 1. The van der Waals surface area contributed by atoms with Crippen LogP contribution in [0, 0.1) is 0 Å². The van der Waals surface area contributed by atoms with E-state index in [0.29, 0.717) is 11.7 Å². The first kappa shape index (κ1) is 18.6. The van der Waals surface area contributed by atoms with Crippen molar-refractivity contribution >= 4 is 35.0 Å². The zero-order valence-corrected chi connectivity index (χ0v) is 17.0. The highest BCUT2D eigenvalue weighted by atomic mass is 35.5. The third-order valence-electron chi connectivity index (χ3n) is 5.15. The summed E-state index contributed by atoms with van der Waals surface area (Å²) in [5.41, 5.74) is 1.05. The van der Waals surface area contributed by atoms with Crippen molar-refractivity contribution in [3.05, 3.63) is 35.1 Å². The molecule has 0 bridgehead atoms. The van der Waals surface area contributed by atoms with Crippen LogP contribution in [0.3, 0.4) is 0 Å². The van der Waals surface area contributed by atoms with Crippen LogP contribution in [0.1, 0.15) is 31.5 Å². The Labute approximate surface area is 168 Å². The lowest BCUT2D eigenvalue weighted by molar-refractivity contribution is -0.128.